The number of hydrogen-bond acceptors (Lipinski definition) is 6. The molecular formula is C19H23F2N7O. The van der Waals surface area contributed by atoms with Gasteiger partial charge in [-0.1, -0.05) is 12.8 Å². The Hall–Kier alpha value is -3.04. The molecule has 8 nitrogen and oxygen atoms in total. The summed E-state index contributed by atoms with van der Waals surface area (Å²) >= 11 is 0. The summed E-state index contributed by atoms with van der Waals surface area (Å²) in [7, 11) is 1.50. The number of nitrogens with two attached hydrogens (primary N) is 1. The third kappa shape index (κ3) is 4.20. The van der Waals surface area contributed by atoms with Gasteiger partial charge in [-0.2, -0.15) is 5.10 Å². The summed E-state index contributed by atoms with van der Waals surface area (Å²) in [4.78, 5) is 23.4. The molecule has 2 aliphatic rings. The molecule has 3 N–H and O–H groups in total. The van der Waals surface area contributed by atoms with Gasteiger partial charge in [-0.15, -0.1) is 0 Å². The number of aryl methyl sites for hydroxylation is 1. The Bertz CT molecular complexity index is 932. The summed E-state index contributed by atoms with van der Waals surface area (Å²) in [6.07, 6.45) is 5.10. The summed E-state index contributed by atoms with van der Waals surface area (Å²) in [5.74, 6) is 1.78. The summed E-state index contributed by atoms with van der Waals surface area (Å²) in [5.41, 5.74) is 5.06. The molecule has 0 aromatic carbocycles. The van der Waals surface area contributed by atoms with Crippen molar-refractivity contribution in [1.82, 2.24) is 19.7 Å². The van der Waals surface area contributed by atoms with Crippen LogP contribution in [0.5, 0.6) is 0 Å². The minimum absolute atomic E-state index is 0.00553. The molecule has 0 atom stereocenters. The van der Waals surface area contributed by atoms with E-state index in [-0.39, 0.29) is 17.1 Å². The van der Waals surface area contributed by atoms with E-state index in [1.54, 1.807) is 12.3 Å². The predicted molar refractivity (Wildman–Crippen MR) is 104 cm³/mol. The molecular weight excluding hydrogens is 380 g/mol. The van der Waals surface area contributed by atoms with Crippen LogP contribution >= 0.6 is 0 Å². The molecule has 4 rings (SSSR count). The number of rotatable bonds is 7. The monoisotopic (exact) mass is 403 g/mol. The topological polar surface area (TPSA) is 102 Å². The third-order valence-electron chi connectivity index (χ3n) is 5.25. The number of nitrogens with zero attached hydrogens (tertiary/aromatic N) is 5. The zero-order chi connectivity index (χ0) is 20.5. The summed E-state index contributed by atoms with van der Waals surface area (Å²) in [6, 6.07) is 1.79. The van der Waals surface area contributed by atoms with Crippen LogP contribution in [0.25, 0.3) is 5.57 Å². The maximum Gasteiger partial charge on any atom is 0.284 e. The average molecular weight is 403 g/mol. The van der Waals surface area contributed by atoms with Crippen molar-refractivity contribution < 1.29 is 13.6 Å². The van der Waals surface area contributed by atoms with Crippen molar-refractivity contribution in [2.75, 3.05) is 23.3 Å². The van der Waals surface area contributed by atoms with Gasteiger partial charge in [0.1, 0.15) is 5.82 Å². The zero-order valence-electron chi connectivity index (χ0n) is 16.1. The molecule has 0 radical (unpaired) electrons. The number of anilines is 2. The first-order chi connectivity index (χ1) is 13.9. The number of halogens is 2. The van der Waals surface area contributed by atoms with Crippen LogP contribution in [0, 0.1) is 11.8 Å². The number of hydrogen-bond donors (Lipinski definition) is 2. The molecule has 1 aliphatic heterocycles. The number of amides is 1. The minimum atomic E-state index is -2.81. The number of nitrogens with one attached hydrogen (secondary N) is 1. The van der Waals surface area contributed by atoms with Gasteiger partial charge in [0.25, 0.3) is 12.3 Å². The van der Waals surface area contributed by atoms with Gasteiger partial charge in [-0.3, -0.25) is 9.48 Å². The first kappa shape index (κ1) is 19.3. The highest BCUT2D eigenvalue weighted by molar-refractivity contribution is 6.24. The highest BCUT2D eigenvalue weighted by Gasteiger charge is 2.33. The molecule has 1 saturated heterocycles. The molecule has 154 valence electrons. The SMILES string of the molecule is Cn1cc(NC(=O)C(=CN)c2nccc(N3CC(CC4CC4)C3)n2)c(C(F)F)n1. The lowest BCUT2D eigenvalue weighted by atomic mass is 9.94. The lowest BCUT2D eigenvalue weighted by Gasteiger charge is -2.40. The smallest absolute Gasteiger partial charge is 0.284 e. The van der Waals surface area contributed by atoms with Gasteiger partial charge in [-0.05, 0) is 24.3 Å². The lowest BCUT2D eigenvalue weighted by Crippen LogP contribution is -2.47. The van der Waals surface area contributed by atoms with E-state index in [0.29, 0.717) is 5.92 Å². The van der Waals surface area contributed by atoms with Gasteiger partial charge in [-0.25, -0.2) is 18.7 Å². The Morgan fingerprint density at radius 3 is 2.79 bits per heavy atom. The second kappa shape index (κ2) is 7.76. The van der Waals surface area contributed by atoms with Crippen LogP contribution < -0.4 is 16.0 Å². The van der Waals surface area contributed by atoms with Crippen LogP contribution in [0.1, 0.15) is 37.2 Å². The molecule has 0 unspecified atom stereocenters. The molecule has 1 aliphatic carbocycles. The lowest BCUT2D eigenvalue weighted by molar-refractivity contribution is -0.111. The highest BCUT2D eigenvalue weighted by atomic mass is 19.3. The van der Waals surface area contributed by atoms with Crippen LogP contribution in [0.3, 0.4) is 0 Å². The fourth-order valence-corrected chi connectivity index (χ4v) is 3.59. The molecule has 3 heterocycles. The van der Waals surface area contributed by atoms with Crippen LogP contribution in [0.2, 0.25) is 0 Å². The number of carbonyl (C=O) groups is 1. The standard InChI is InChI=1S/C19H23F2N7O/c1-27-10-14(16(26-27)17(20)21)24-19(29)13(7-22)18-23-5-4-15(25-18)28-8-12(9-28)6-11-2-3-11/h4-5,7,10-12,17H,2-3,6,8-9,22H2,1H3,(H,24,29). The van der Waals surface area contributed by atoms with Gasteiger partial charge >= 0.3 is 0 Å². The fourth-order valence-electron chi connectivity index (χ4n) is 3.59. The van der Waals surface area contributed by atoms with Crippen molar-refractivity contribution in [1.29, 1.82) is 0 Å². The van der Waals surface area contributed by atoms with Crippen LogP contribution in [0.4, 0.5) is 20.3 Å². The van der Waals surface area contributed by atoms with Gasteiger partial charge in [0.15, 0.2) is 11.5 Å². The molecule has 1 amide bonds. The van der Waals surface area contributed by atoms with Crippen LogP contribution in [-0.4, -0.2) is 38.7 Å². The number of carbonyl (C=O) groups excluding carboxylic acids is 1. The third-order valence-corrected chi connectivity index (χ3v) is 5.25. The van der Waals surface area contributed by atoms with Crippen molar-refractivity contribution in [3.05, 3.63) is 36.2 Å². The van der Waals surface area contributed by atoms with Gasteiger partial charge in [0.05, 0.1) is 11.3 Å². The number of aromatic nitrogens is 4. The van der Waals surface area contributed by atoms with E-state index in [9.17, 15) is 13.6 Å². The highest BCUT2D eigenvalue weighted by Crippen LogP contribution is 2.38. The molecule has 2 aromatic heterocycles. The Balaban J connectivity index is 1.46. The van der Waals surface area contributed by atoms with Gasteiger partial charge in [0, 0.05) is 38.7 Å². The maximum absolute atomic E-state index is 13.1. The summed E-state index contributed by atoms with van der Waals surface area (Å²) < 4.78 is 27.4. The quantitative estimate of drug-likeness (QED) is 0.688. The molecule has 0 spiro atoms. The van der Waals surface area contributed by atoms with Crippen molar-refractivity contribution in [3.8, 4) is 0 Å². The second-order valence-electron chi connectivity index (χ2n) is 7.63. The van der Waals surface area contributed by atoms with E-state index in [2.05, 4.69) is 25.3 Å². The molecule has 1 saturated carbocycles. The van der Waals surface area contributed by atoms with Crippen LogP contribution in [0.15, 0.2) is 24.7 Å². The predicted octanol–water partition coefficient (Wildman–Crippen LogP) is 2.32. The van der Waals surface area contributed by atoms with Crippen LogP contribution in [-0.2, 0) is 11.8 Å². The second-order valence-corrected chi connectivity index (χ2v) is 7.63. The Morgan fingerprint density at radius 2 is 2.14 bits per heavy atom. The molecule has 0 bridgehead atoms. The summed E-state index contributed by atoms with van der Waals surface area (Å²) in [5, 5.41) is 6.10. The van der Waals surface area contributed by atoms with E-state index in [4.69, 9.17) is 5.73 Å². The minimum Gasteiger partial charge on any atom is -0.404 e. The largest absolute Gasteiger partial charge is 0.404 e. The van der Waals surface area contributed by atoms with E-state index in [0.717, 1.165) is 31.0 Å². The van der Waals surface area contributed by atoms with Crippen molar-refractivity contribution in [3.63, 3.8) is 0 Å². The van der Waals surface area contributed by atoms with Crippen molar-refractivity contribution in [2.24, 2.45) is 24.6 Å². The normalized spacial score (nSPS) is 17.5. The molecule has 2 fully saturated rings. The van der Waals surface area contributed by atoms with E-state index in [1.807, 2.05) is 0 Å². The maximum atomic E-state index is 13.1. The zero-order valence-corrected chi connectivity index (χ0v) is 16.1. The van der Waals surface area contributed by atoms with E-state index >= 15 is 0 Å². The Kier molecular flexibility index (Phi) is 5.16. The molecule has 2 aromatic rings. The number of alkyl halides is 2. The summed E-state index contributed by atoms with van der Waals surface area (Å²) in [6.45, 7) is 1.88. The Labute approximate surface area is 166 Å². The first-order valence-electron chi connectivity index (χ1n) is 9.58. The van der Waals surface area contributed by atoms with Gasteiger partial charge < -0.3 is 16.0 Å². The van der Waals surface area contributed by atoms with E-state index in [1.165, 1.54) is 37.2 Å². The fraction of sp³-hybridized carbons (Fsp3) is 0.474. The van der Waals surface area contributed by atoms with Crippen molar-refractivity contribution in [2.45, 2.75) is 25.7 Å². The molecule has 10 heteroatoms. The van der Waals surface area contributed by atoms with Gasteiger partial charge in [0.2, 0.25) is 0 Å². The Morgan fingerprint density at radius 1 is 1.38 bits per heavy atom. The van der Waals surface area contributed by atoms with E-state index < -0.39 is 18.0 Å². The molecule has 29 heavy (non-hydrogen) atoms. The average Bonchev–Trinajstić information content (AvgIpc) is 3.39. The first-order valence-corrected chi connectivity index (χ1v) is 9.58. The van der Waals surface area contributed by atoms with Crippen molar-refractivity contribution >= 4 is 23.0 Å².